The molecule has 0 radical (unpaired) electrons. The second-order valence-corrected chi connectivity index (χ2v) is 11.6. The molecule has 2 aliphatic heterocycles. The lowest BCUT2D eigenvalue weighted by Crippen LogP contribution is -2.39. The first-order valence-electron chi connectivity index (χ1n) is 14.9. The van der Waals surface area contributed by atoms with Crippen molar-refractivity contribution in [2.75, 3.05) is 25.5 Å². The lowest BCUT2D eigenvalue weighted by molar-refractivity contribution is -0.138. The Hall–Kier alpha value is -4.78. The number of amides is 3. The van der Waals surface area contributed by atoms with Crippen LogP contribution in [0.1, 0.15) is 64.7 Å². The summed E-state index contributed by atoms with van der Waals surface area (Å²) < 4.78 is 61.9. The molecule has 13 heteroatoms. The Morgan fingerprint density at radius 3 is 2.54 bits per heavy atom. The van der Waals surface area contributed by atoms with E-state index in [1.807, 2.05) is 16.9 Å². The van der Waals surface area contributed by atoms with Crippen molar-refractivity contribution in [2.45, 2.75) is 50.4 Å². The minimum absolute atomic E-state index is 0.0494. The van der Waals surface area contributed by atoms with E-state index in [4.69, 9.17) is 9.84 Å². The summed E-state index contributed by atoms with van der Waals surface area (Å²) in [6, 6.07) is 12.6. The molecule has 2 aliphatic rings. The van der Waals surface area contributed by atoms with Crippen LogP contribution >= 0.6 is 0 Å². The van der Waals surface area contributed by atoms with Crippen molar-refractivity contribution in [3.63, 3.8) is 0 Å². The molecule has 3 amide bonds. The quantitative estimate of drug-likeness (QED) is 0.196. The van der Waals surface area contributed by atoms with Crippen LogP contribution in [-0.4, -0.2) is 52.6 Å². The second kappa shape index (κ2) is 12.5. The number of nitrogens with one attached hydrogen (secondary N) is 2. The number of imide groups is 1. The van der Waals surface area contributed by atoms with Crippen molar-refractivity contribution in [3.8, 4) is 5.75 Å². The third-order valence-electron chi connectivity index (χ3n) is 8.59. The molecule has 46 heavy (non-hydrogen) atoms. The predicted molar refractivity (Wildman–Crippen MR) is 161 cm³/mol. The van der Waals surface area contributed by atoms with Crippen molar-refractivity contribution in [2.24, 2.45) is 0 Å². The van der Waals surface area contributed by atoms with Gasteiger partial charge in [0.25, 0.3) is 5.91 Å². The SMILES string of the molecule is COc1ccc2cn(C3CCN(Cc4ccc(C5CCC(=O)NC5=O)c(F)c4)CC3)nc2c1NC(=O)c1cccc(C(F)(F)F)c1. The highest BCUT2D eigenvalue weighted by Gasteiger charge is 2.32. The van der Waals surface area contributed by atoms with E-state index in [1.54, 1.807) is 18.2 Å². The lowest BCUT2D eigenvalue weighted by atomic mass is 9.89. The Morgan fingerprint density at radius 1 is 1.07 bits per heavy atom. The van der Waals surface area contributed by atoms with Gasteiger partial charge in [-0.25, -0.2) is 4.39 Å². The van der Waals surface area contributed by atoms with Crippen LogP contribution in [-0.2, 0) is 22.3 Å². The summed E-state index contributed by atoms with van der Waals surface area (Å²) in [5.74, 6) is -2.35. The molecule has 4 aromatic rings. The summed E-state index contributed by atoms with van der Waals surface area (Å²) in [5.41, 5.74) is 0.724. The average Bonchev–Trinajstić information content (AvgIpc) is 3.47. The number of fused-ring (bicyclic) bond motifs is 1. The molecule has 1 unspecified atom stereocenters. The van der Waals surface area contributed by atoms with Gasteiger partial charge in [-0.15, -0.1) is 0 Å². The van der Waals surface area contributed by atoms with Gasteiger partial charge in [-0.05, 0) is 61.2 Å². The molecule has 9 nitrogen and oxygen atoms in total. The number of hydrogen-bond acceptors (Lipinski definition) is 6. The Morgan fingerprint density at radius 2 is 1.85 bits per heavy atom. The van der Waals surface area contributed by atoms with Crippen molar-refractivity contribution in [3.05, 3.63) is 88.9 Å². The number of aromatic nitrogens is 2. The number of alkyl halides is 3. The van der Waals surface area contributed by atoms with Gasteiger partial charge in [-0.3, -0.25) is 29.3 Å². The molecule has 2 saturated heterocycles. The summed E-state index contributed by atoms with van der Waals surface area (Å²) in [5, 5.41) is 10.5. The first-order chi connectivity index (χ1) is 22.0. The zero-order chi connectivity index (χ0) is 32.6. The van der Waals surface area contributed by atoms with Gasteiger partial charge in [0, 0.05) is 48.8 Å². The van der Waals surface area contributed by atoms with Crippen LogP contribution in [0.25, 0.3) is 10.9 Å². The third kappa shape index (κ3) is 6.45. The fourth-order valence-corrected chi connectivity index (χ4v) is 6.13. The molecule has 2 N–H and O–H groups in total. The van der Waals surface area contributed by atoms with Crippen LogP contribution in [0.3, 0.4) is 0 Å². The molecular weight excluding hydrogens is 606 g/mol. The Balaban J connectivity index is 1.13. The molecule has 3 aromatic carbocycles. The molecule has 1 aromatic heterocycles. The van der Waals surface area contributed by atoms with E-state index in [0.29, 0.717) is 23.4 Å². The number of hydrogen-bond donors (Lipinski definition) is 2. The molecule has 0 saturated carbocycles. The molecular formula is C33H31F4N5O4. The van der Waals surface area contributed by atoms with E-state index in [2.05, 4.69) is 15.5 Å². The van der Waals surface area contributed by atoms with E-state index in [1.165, 1.54) is 25.3 Å². The van der Waals surface area contributed by atoms with E-state index >= 15 is 0 Å². The first-order valence-corrected chi connectivity index (χ1v) is 14.9. The maximum atomic E-state index is 15.0. The van der Waals surface area contributed by atoms with Gasteiger partial charge >= 0.3 is 6.18 Å². The van der Waals surface area contributed by atoms with E-state index < -0.39 is 35.3 Å². The van der Waals surface area contributed by atoms with Gasteiger partial charge in [0.05, 0.1) is 24.6 Å². The smallest absolute Gasteiger partial charge is 0.416 e. The molecule has 3 heterocycles. The number of benzene rings is 3. The van der Waals surface area contributed by atoms with Crippen LogP contribution in [0.4, 0.5) is 23.2 Å². The Labute approximate surface area is 261 Å². The Bertz CT molecular complexity index is 1810. The molecule has 0 aliphatic carbocycles. The molecule has 6 rings (SSSR count). The number of halogens is 4. The first kappa shape index (κ1) is 31.2. The monoisotopic (exact) mass is 637 g/mol. The van der Waals surface area contributed by atoms with Crippen molar-refractivity contribution in [1.29, 1.82) is 0 Å². The lowest BCUT2D eigenvalue weighted by Gasteiger charge is -2.32. The molecule has 1 atom stereocenters. The van der Waals surface area contributed by atoms with E-state index in [9.17, 15) is 31.9 Å². The second-order valence-electron chi connectivity index (χ2n) is 11.6. The van der Waals surface area contributed by atoms with Crippen molar-refractivity contribution >= 4 is 34.3 Å². The minimum atomic E-state index is -4.58. The number of piperidine rings is 2. The minimum Gasteiger partial charge on any atom is -0.494 e. The topological polar surface area (TPSA) is 106 Å². The number of ether oxygens (including phenoxy) is 1. The summed E-state index contributed by atoms with van der Waals surface area (Å²) in [6.07, 6.45) is -0.726. The highest BCUT2D eigenvalue weighted by atomic mass is 19.4. The van der Waals surface area contributed by atoms with Gasteiger partial charge in [0.15, 0.2) is 0 Å². The molecule has 2 fully saturated rings. The fourth-order valence-electron chi connectivity index (χ4n) is 6.13. The fraction of sp³-hybridized carbons (Fsp3) is 0.333. The van der Waals surface area contributed by atoms with Gasteiger partial charge in [-0.2, -0.15) is 18.3 Å². The van der Waals surface area contributed by atoms with Crippen LogP contribution in [0, 0.1) is 5.82 Å². The average molecular weight is 638 g/mol. The normalized spacial score (nSPS) is 18.1. The summed E-state index contributed by atoms with van der Waals surface area (Å²) in [7, 11) is 1.43. The van der Waals surface area contributed by atoms with Crippen LogP contribution in [0.15, 0.2) is 60.8 Å². The van der Waals surface area contributed by atoms with Gasteiger partial charge < -0.3 is 10.1 Å². The van der Waals surface area contributed by atoms with Gasteiger partial charge in [0.2, 0.25) is 11.8 Å². The van der Waals surface area contributed by atoms with Crippen molar-refractivity contribution < 1.29 is 36.7 Å². The summed E-state index contributed by atoms with van der Waals surface area (Å²) in [6.45, 7) is 1.98. The zero-order valence-electron chi connectivity index (χ0n) is 24.9. The van der Waals surface area contributed by atoms with Gasteiger partial charge in [-0.1, -0.05) is 18.2 Å². The maximum Gasteiger partial charge on any atom is 0.416 e. The van der Waals surface area contributed by atoms with E-state index in [0.717, 1.165) is 49.0 Å². The highest BCUT2D eigenvalue weighted by Crippen LogP contribution is 2.36. The van der Waals surface area contributed by atoms with Gasteiger partial charge in [0.1, 0.15) is 22.8 Å². The highest BCUT2D eigenvalue weighted by molar-refractivity contribution is 6.10. The summed E-state index contributed by atoms with van der Waals surface area (Å²) >= 11 is 0. The zero-order valence-corrected chi connectivity index (χ0v) is 24.9. The van der Waals surface area contributed by atoms with Crippen LogP contribution < -0.4 is 15.4 Å². The van der Waals surface area contributed by atoms with E-state index in [-0.39, 0.29) is 36.0 Å². The molecule has 0 spiro atoms. The molecule has 240 valence electrons. The number of carbonyl (C=O) groups excluding carboxylic acids is 3. The number of nitrogens with zero attached hydrogens (tertiary/aromatic N) is 3. The number of carbonyl (C=O) groups is 3. The number of methoxy groups -OCH3 is 1. The van der Waals surface area contributed by atoms with Crippen LogP contribution in [0.2, 0.25) is 0 Å². The predicted octanol–water partition coefficient (Wildman–Crippen LogP) is 5.81. The third-order valence-corrected chi connectivity index (χ3v) is 8.59. The summed E-state index contributed by atoms with van der Waals surface area (Å²) in [4.78, 5) is 38.9. The largest absolute Gasteiger partial charge is 0.494 e. The van der Waals surface area contributed by atoms with Crippen molar-refractivity contribution in [1.82, 2.24) is 20.0 Å². The number of anilines is 1. The van der Waals surface area contributed by atoms with Crippen LogP contribution in [0.5, 0.6) is 5.75 Å². The standard InChI is InChI=1S/C33H31F4N5O4/c1-46-27-9-6-21-18-42(40-29(21)30(27)39-31(44)20-3-2-4-22(16-20)33(35,36)37)23-11-13-41(14-12-23)17-19-5-7-24(26(34)15-19)25-8-10-28(43)38-32(25)45/h2-7,9,15-16,18,23,25H,8,10-14,17H2,1H3,(H,39,44)(H,38,43,45). The molecule has 0 bridgehead atoms. The number of likely N-dealkylation sites (tertiary alicyclic amines) is 1. The Kier molecular flexibility index (Phi) is 8.51. The maximum absolute atomic E-state index is 15.0. The number of rotatable bonds is 7.